The fraction of sp³-hybridized carbons (Fsp3) is 0.462. The maximum Gasteiger partial charge on any atom is 0.142 e. The maximum absolute atomic E-state index is 13.3. The van der Waals surface area contributed by atoms with E-state index in [1.165, 1.54) is 30.3 Å². The summed E-state index contributed by atoms with van der Waals surface area (Å²) in [4.78, 5) is 9.87. The molecule has 0 amide bonds. The van der Waals surface area contributed by atoms with Crippen molar-refractivity contribution in [1.29, 1.82) is 0 Å². The van der Waals surface area contributed by atoms with Gasteiger partial charge in [0.1, 0.15) is 11.5 Å². The van der Waals surface area contributed by atoms with E-state index in [0.29, 0.717) is 5.54 Å². The Labute approximate surface area is 98.6 Å². The Kier molecular flexibility index (Phi) is 1.62. The summed E-state index contributed by atoms with van der Waals surface area (Å²) >= 11 is 0. The van der Waals surface area contributed by atoms with Gasteiger partial charge in [-0.1, -0.05) is 0 Å². The molecule has 88 valence electrons. The Morgan fingerprint density at radius 2 is 2.29 bits per heavy atom. The molecular weight excluding hydrogens is 217 g/mol. The minimum atomic E-state index is -0.247. The molecule has 1 spiro atoms. The van der Waals surface area contributed by atoms with E-state index in [0.717, 1.165) is 24.0 Å². The molecule has 0 saturated heterocycles. The van der Waals surface area contributed by atoms with Gasteiger partial charge in [-0.15, -0.1) is 0 Å². The average molecular weight is 231 g/mol. The lowest BCUT2D eigenvalue weighted by atomic mass is 9.96. The Balaban J connectivity index is 1.94. The van der Waals surface area contributed by atoms with Crippen LogP contribution in [0.25, 0.3) is 11.0 Å². The normalized spacial score (nSPS) is 22.0. The lowest BCUT2D eigenvalue weighted by molar-refractivity contribution is 0.193. The van der Waals surface area contributed by atoms with Crippen molar-refractivity contribution in [3.63, 3.8) is 0 Å². The minimum Gasteiger partial charge on any atom is -0.342 e. The van der Waals surface area contributed by atoms with Crippen molar-refractivity contribution in [3.05, 3.63) is 29.3 Å². The molecule has 3 heterocycles. The number of halogens is 1. The zero-order valence-electron chi connectivity index (χ0n) is 9.76. The highest BCUT2D eigenvalue weighted by Gasteiger charge is 2.49. The summed E-state index contributed by atoms with van der Waals surface area (Å²) in [5.41, 5.74) is 3.66. The summed E-state index contributed by atoms with van der Waals surface area (Å²) in [5, 5.41) is 0.972. The van der Waals surface area contributed by atoms with Crippen LogP contribution in [-0.4, -0.2) is 27.5 Å². The third-order valence-corrected chi connectivity index (χ3v) is 4.35. The van der Waals surface area contributed by atoms with Crippen LogP contribution < -0.4 is 0 Å². The summed E-state index contributed by atoms with van der Waals surface area (Å²) in [5.74, 6) is -0.247. The molecule has 1 fully saturated rings. The van der Waals surface area contributed by atoms with Gasteiger partial charge in [0, 0.05) is 23.2 Å². The average Bonchev–Trinajstić information content (AvgIpc) is 2.99. The van der Waals surface area contributed by atoms with Crippen molar-refractivity contribution in [1.82, 2.24) is 14.9 Å². The number of H-pyrrole nitrogens is 1. The number of hydrogen-bond donors (Lipinski definition) is 1. The number of likely N-dealkylation sites (N-methyl/N-ethyl adjacent to an activating group) is 1. The fourth-order valence-electron chi connectivity index (χ4n) is 3.06. The van der Waals surface area contributed by atoms with Crippen molar-refractivity contribution in [2.45, 2.75) is 31.3 Å². The molecule has 4 rings (SSSR count). The molecule has 0 bridgehead atoms. The predicted molar refractivity (Wildman–Crippen MR) is 63.2 cm³/mol. The highest BCUT2D eigenvalue weighted by Crippen LogP contribution is 2.48. The molecule has 0 radical (unpaired) electrons. The number of fused-ring (bicyclic) bond motifs is 3. The first kappa shape index (κ1) is 9.59. The third-order valence-electron chi connectivity index (χ3n) is 4.35. The molecule has 17 heavy (non-hydrogen) atoms. The van der Waals surface area contributed by atoms with Crippen molar-refractivity contribution >= 4 is 11.0 Å². The van der Waals surface area contributed by atoms with Crippen LogP contribution in [0.5, 0.6) is 0 Å². The molecule has 1 N–H and O–H groups in total. The van der Waals surface area contributed by atoms with Gasteiger partial charge in [0.15, 0.2) is 0 Å². The standard InChI is InChI=1S/C13H14FN3/c1-17-7-11-10(5-13(17)2-3-13)9-4-8(14)6-15-12(9)16-11/h4,6H,2-3,5,7H2,1H3,(H,15,16). The SMILES string of the molecule is CN1Cc2[nH]c3ncc(F)cc3c2CC12CC2. The number of hydrogen-bond acceptors (Lipinski definition) is 2. The van der Waals surface area contributed by atoms with Gasteiger partial charge in [0.05, 0.1) is 6.20 Å². The summed E-state index contributed by atoms with van der Waals surface area (Å²) in [6.45, 7) is 0.924. The molecule has 0 unspecified atom stereocenters. The van der Waals surface area contributed by atoms with E-state index >= 15 is 0 Å². The second-order valence-corrected chi connectivity index (χ2v) is 5.39. The molecule has 2 aromatic rings. The first-order valence-electron chi connectivity index (χ1n) is 6.04. The van der Waals surface area contributed by atoms with Crippen molar-refractivity contribution in [2.75, 3.05) is 7.05 Å². The number of aromatic nitrogens is 2. The first-order valence-corrected chi connectivity index (χ1v) is 6.04. The monoisotopic (exact) mass is 231 g/mol. The smallest absolute Gasteiger partial charge is 0.142 e. The Morgan fingerprint density at radius 1 is 1.47 bits per heavy atom. The van der Waals surface area contributed by atoms with Gasteiger partial charge < -0.3 is 4.98 Å². The summed E-state index contributed by atoms with van der Waals surface area (Å²) in [6.07, 6.45) is 4.83. The Bertz CT molecular complexity index is 612. The van der Waals surface area contributed by atoms with Gasteiger partial charge >= 0.3 is 0 Å². The van der Waals surface area contributed by atoms with Crippen molar-refractivity contribution in [3.8, 4) is 0 Å². The Morgan fingerprint density at radius 3 is 3.06 bits per heavy atom. The maximum atomic E-state index is 13.3. The van der Waals surface area contributed by atoms with Crippen LogP contribution in [0, 0.1) is 5.82 Å². The molecule has 2 aliphatic rings. The van der Waals surface area contributed by atoms with Gasteiger partial charge in [-0.3, -0.25) is 4.90 Å². The minimum absolute atomic E-state index is 0.247. The van der Waals surface area contributed by atoms with E-state index in [-0.39, 0.29) is 5.82 Å². The predicted octanol–water partition coefficient (Wildman–Crippen LogP) is 2.22. The number of nitrogens with one attached hydrogen (secondary N) is 1. The van der Waals surface area contributed by atoms with Crippen LogP contribution in [-0.2, 0) is 13.0 Å². The van der Waals surface area contributed by atoms with Crippen LogP contribution >= 0.6 is 0 Å². The van der Waals surface area contributed by atoms with Gasteiger partial charge in [0.2, 0.25) is 0 Å². The largest absolute Gasteiger partial charge is 0.342 e. The van der Waals surface area contributed by atoms with E-state index < -0.39 is 0 Å². The number of aromatic amines is 1. The second kappa shape index (κ2) is 2.88. The van der Waals surface area contributed by atoms with Gasteiger partial charge in [-0.05, 0) is 37.9 Å². The highest BCUT2D eigenvalue weighted by molar-refractivity contribution is 5.82. The van der Waals surface area contributed by atoms with Crippen LogP contribution in [0.3, 0.4) is 0 Å². The van der Waals surface area contributed by atoms with Crippen LogP contribution in [0.1, 0.15) is 24.1 Å². The Hall–Kier alpha value is -1.42. The molecule has 3 nitrogen and oxygen atoms in total. The molecule has 2 aromatic heterocycles. The zero-order chi connectivity index (χ0) is 11.6. The van der Waals surface area contributed by atoms with E-state index in [1.807, 2.05) is 0 Å². The van der Waals surface area contributed by atoms with Gasteiger partial charge in [-0.2, -0.15) is 0 Å². The second-order valence-electron chi connectivity index (χ2n) is 5.39. The highest BCUT2D eigenvalue weighted by atomic mass is 19.1. The van der Waals surface area contributed by atoms with E-state index in [4.69, 9.17) is 0 Å². The van der Waals surface area contributed by atoms with Crippen LogP contribution in [0.15, 0.2) is 12.3 Å². The molecular formula is C13H14FN3. The number of rotatable bonds is 0. The molecule has 0 aromatic carbocycles. The first-order chi connectivity index (χ1) is 8.18. The third kappa shape index (κ3) is 1.21. The molecule has 1 aliphatic carbocycles. The van der Waals surface area contributed by atoms with Crippen LogP contribution in [0.2, 0.25) is 0 Å². The summed E-state index contributed by atoms with van der Waals surface area (Å²) in [6, 6.07) is 1.61. The van der Waals surface area contributed by atoms with E-state index in [9.17, 15) is 4.39 Å². The van der Waals surface area contributed by atoms with Crippen molar-refractivity contribution < 1.29 is 4.39 Å². The van der Waals surface area contributed by atoms with Crippen LogP contribution in [0.4, 0.5) is 4.39 Å². The number of nitrogens with zero attached hydrogens (tertiary/aromatic N) is 2. The summed E-state index contributed by atoms with van der Waals surface area (Å²) in [7, 11) is 2.18. The van der Waals surface area contributed by atoms with E-state index in [2.05, 4.69) is 21.9 Å². The molecule has 1 saturated carbocycles. The molecule has 1 aliphatic heterocycles. The fourth-order valence-corrected chi connectivity index (χ4v) is 3.06. The van der Waals surface area contributed by atoms with Gasteiger partial charge in [-0.25, -0.2) is 9.37 Å². The lowest BCUT2D eigenvalue weighted by Crippen LogP contribution is -2.39. The van der Waals surface area contributed by atoms with Crippen molar-refractivity contribution in [2.24, 2.45) is 0 Å². The molecule has 0 atom stereocenters. The lowest BCUT2D eigenvalue weighted by Gasteiger charge is -2.32. The molecule has 4 heteroatoms. The quantitative estimate of drug-likeness (QED) is 0.754. The zero-order valence-corrected chi connectivity index (χ0v) is 9.76. The van der Waals surface area contributed by atoms with Gasteiger partial charge in [0.25, 0.3) is 0 Å². The topological polar surface area (TPSA) is 31.9 Å². The number of pyridine rings is 1. The summed E-state index contributed by atoms with van der Waals surface area (Å²) < 4.78 is 13.3. The van der Waals surface area contributed by atoms with E-state index in [1.54, 1.807) is 6.07 Å².